The Morgan fingerprint density at radius 1 is 1.22 bits per heavy atom. The van der Waals surface area contributed by atoms with Crippen molar-refractivity contribution in [1.82, 2.24) is 20.0 Å². The van der Waals surface area contributed by atoms with Crippen LogP contribution in [0, 0.1) is 0 Å². The summed E-state index contributed by atoms with van der Waals surface area (Å²) >= 11 is 0. The van der Waals surface area contributed by atoms with E-state index in [-0.39, 0.29) is 36.4 Å². The molecule has 0 aromatic heterocycles. The fourth-order valence-electron chi connectivity index (χ4n) is 4.77. The molecule has 1 aromatic rings. The van der Waals surface area contributed by atoms with E-state index in [1.165, 1.54) is 0 Å². The lowest BCUT2D eigenvalue weighted by Crippen LogP contribution is -2.49. The van der Waals surface area contributed by atoms with Crippen molar-refractivity contribution < 1.29 is 19.1 Å². The molecule has 2 saturated heterocycles. The van der Waals surface area contributed by atoms with Gasteiger partial charge in [0.1, 0.15) is 12.4 Å². The van der Waals surface area contributed by atoms with E-state index in [2.05, 4.69) is 10.2 Å². The topological polar surface area (TPSA) is 108 Å². The van der Waals surface area contributed by atoms with Crippen LogP contribution in [-0.2, 0) is 9.59 Å². The highest BCUT2D eigenvalue weighted by atomic mass is 16.5. The van der Waals surface area contributed by atoms with Crippen LogP contribution in [0.15, 0.2) is 24.3 Å². The van der Waals surface area contributed by atoms with Crippen molar-refractivity contribution in [3.8, 4) is 5.75 Å². The van der Waals surface area contributed by atoms with Gasteiger partial charge < -0.3 is 25.6 Å². The molecule has 174 valence electrons. The summed E-state index contributed by atoms with van der Waals surface area (Å²) in [5.74, 6) is 0.288. The van der Waals surface area contributed by atoms with Crippen LogP contribution >= 0.6 is 0 Å². The van der Waals surface area contributed by atoms with E-state index >= 15 is 0 Å². The summed E-state index contributed by atoms with van der Waals surface area (Å²) in [6, 6.07) is 6.05. The van der Waals surface area contributed by atoms with Gasteiger partial charge in [0.05, 0.1) is 18.6 Å². The Morgan fingerprint density at radius 2 is 2.00 bits per heavy atom. The molecule has 3 atom stereocenters. The molecule has 2 fully saturated rings. The Kier molecular flexibility index (Phi) is 6.95. The Bertz CT molecular complexity index is 857. The quantitative estimate of drug-likeness (QED) is 0.684. The van der Waals surface area contributed by atoms with Crippen LogP contribution in [0.4, 0.5) is 0 Å². The fraction of sp³-hybridized carbons (Fsp3) is 0.609. The van der Waals surface area contributed by atoms with Gasteiger partial charge in [0.25, 0.3) is 5.91 Å². The molecule has 3 N–H and O–H groups in total. The van der Waals surface area contributed by atoms with Crippen LogP contribution < -0.4 is 15.8 Å². The number of hydrogen-bond donors (Lipinski definition) is 2. The molecule has 0 spiro atoms. The van der Waals surface area contributed by atoms with E-state index in [4.69, 9.17) is 10.5 Å². The molecule has 3 heterocycles. The number of benzene rings is 1. The second-order valence-electron chi connectivity index (χ2n) is 9.09. The first-order valence-electron chi connectivity index (χ1n) is 11.5. The Hall–Kier alpha value is -2.65. The molecule has 3 aliphatic rings. The van der Waals surface area contributed by atoms with Crippen molar-refractivity contribution in [2.75, 3.05) is 46.4 Å². The molecule has 32 heavy (non-hydrogen) atoms. The zero-order valence-corrected chi connectivity index (χ0v) is 18.7. The second-order valence-corrected chi connectivity index (χ2v) is 9.09. The minimum absolute atomic E-state index is 0.00240. The van der Waals surface area contributed by atoms with E-state index in [0.717, 1.165) is 25.9 Å². The van der Waals surface area contributed by atoms with Crippen molar-refractivity contribution in [2.24, 2.45) is 5.73 Å². The van der Waals surface area contributed by atoms with Gasteiger partial charge in [-0.15, -0.1) is 0 Å². The minimum Gasteiger partial charge on any atom is -0.491 e. The SMILES string of the molecule is CN1CC[C@H](N)C(=O)N2C[C@@H](NC(=O)CN3CCCC3)C[C@H]2COc2cccc(c2)C1=O. The predicted octanol–water partition coefficient (Wildman–Crippen LogP) is 0.0499. The van der Waals surface area contributed by atoms with Crippen molar-refractivity contribution in [3.05, 3.63) is 29.8 Å². The number of rotatable bonds is 3. The van der Waals surface area contributed by atoms with E-state index in [9.17, 15) is 14.4 Å². The lowest BCUT2D eigenvalue weighted by molar-refractivity contribution is -0.134. The molecule has 0 aliphatic carbocycles. The second kappa shape index (κ2) is 9.87. The number of likely N-dealkylation sites (tertiary alicyclic amines) is 1. The summed E-state index contributed by atoms with van der Waals surface area (Å²) in [6.45, 7) is 3.41. The van der Waals surface area contributed by atoms with Crippen molar-refractivity contribution in [2.45, 2.75) is 43.8 Å². The summed E-state index contributed by atoms with van der Waals surface area (Å²) in [4.78, 5) is 43.8. The number of amides is 3. The van der Waals surface area contributed by atoms with Crippen LogP contribution in [0.5, 0.6) is 5.75 Å². The van der Waals surface area contributed by atoms with E-state index in [0.29, 0.717) is 43.8 Å². The first-order valence-corrected chi connectivity index (χ1v) is 11.5. The largest absolute Gasteiger partial charge is 0.491 e. The van der Waals surface area contributed by atoms with Crippen molar-refractivity contribution in [3.63, 3.8) is 0 Å². The number of nitrogens with two attached hydrogens (primary N) is 1. The molecule has 1 aromatic carbocycles. The lowest BCUT2D eigenvalue weighted by Gasteiger charge is -2.27. The van der Waals surface area contributed by atoms with Crippen LogP contribution in [0.3, 0.4) is 0 Å². The molecule has 0 saturated carbocycles. The van der Waals surface area contributed by atoms with Gasteiger partial charge in [-0.2, -0.15) is 0 Å². The Labute approximate surface area is 188 Å². The molecule has 0 unspecified atom stereocenters. The molecule has 9 heteroatoms. The van der Waals surface area contributed by atoms with Crippen molar-refractivity contribution in [1.29, 1.82) is 0 Å². The molecule has 3 amide bonds. The number of ether oxygens (including phenoxy) is 1. The molecular formula is C23H33N5O4. The molecule has 0 radical (unpaired) electrons. The van der Waals surface area contributed by atoms with Gasteiger partial charge in [0.15, 0.2) is 0 Å². The van der Waals surface area contributed by atoms with Crippen molar-refractivity contribution >= 4 is 17.7 Å². The zero-order chi connectivity index (χ0) is 22.7. The third kappa shape index (κ3) is 5.21. The predicted molar refractivity (Wildman–Crippen MR) is 119 cm³/mol. The molecule has 2 bridgehead atoms. The van der Waals surface area contributed by atoms with Gasteiger partial charge in [-0.1, -0.05) is 6.07 Å². The number of carbonyl (C=O) groups is 3. The van der Waals surface area contributed by atoms with Gasteiger partial charge >= 0.3 is 0 Å². The summed E-state index contributed by atoms with van der Waals surface area (Å²) < 4.78 is 5.98. The number of carbonyl (C=O) groups excluding carboxylic acids is 3. The van der Waals surface area contributed by atoms with Crippen LogP contribution in [0.2, 0.25) is 0 Å². The van der Waals surface area contributed by atoms with Crippen LogP contribution in [-0.4, -0.2) is 96.9 Å². The maximum atomic E-state index is 13.1. The highest BCUT2D eigenvalue weighted by molar-refractivity contribution is 5.94. The third-order valence-electron chi connectivity index (χ3n) is 6.59. The van der Waals surface area contributed by atoms with Gasteiger partial charge in [-0.25, -0.2) is 0 Å². The van der Waals surface area contributed by atoms with E-state index in [1.807, 2.05) is 0 Å². The maximum absolute atomic E-state index is 13.1. The average molecular weight is 444 g/mol. The maximum Gasteiger partial charge on any atom is 0.253 e. The number of nitrogens with zero attached hydrogens (tertiary/aromatic N) is 3. The van der Waals surface area contributed by atoms with E-state index < -0.39 is 6.04 Å². The van der Waals surface area contributed by atoms with Gasteiger partial charge in [-0.05, 0) is 57.0 Å². The van der Waals surface area contributed by atoms with Crippen LogP contribution in [0.25, 0.3) is 0 Å². The van der Waals surface area contributed by atoms with Crippen LogP contribution in [0.1, 0.15) is 36.0 Å². The monoisotopic (exact) mass is 443 g/mol. The summed E-state index contributed by atoms with van der Waals surface area (Å²) in [6.07, 6.45) is 3.26. The highest BCUT2D eigenvalue weighted by Crippen LogP contribution is 2.23. The third-order valence-corrected chi connectivity index (χ3v) is 6.59. The Morgan fingerprint density at radius 3 is 2.78 bits per heavy atom. The number of fused-ring (bicyclic) bond motifs is 3. The van der Waals surface area contributed by atoms with Gasteiger partial charge in [0.2, 0.25) is 11.8 Å². The normalized spacial score (nSPS) is 27.2. The molecule has 3 aliphatic heterocycles. The van der Waals surface area contributed by atoms with E-state index in [1.54, 1.807) is 41.1 Å². The number of hydrogen-bond acceptors (Lipinski definition) is 6. The van der Waals surface area contributed by atoms with Gasteiger partial charge in [0, 0.05) is 31.7 Å². The molecule has 9 nitrogen and oxygen atoms in total. The standard InChI is InChI=1S/C23H33N5O4/c1-26-10-7-20(24)23(31)28-13-17(25-21(29)14-27-8-2-3-9-27)12-18(28)15-32-19-6-4-5-16(11-19)22(26)30/h4-6,11,17-18,20H,2-3,7-10,12-15,24H2,1H3,(H,25,29)/t17-,18-,20-/m0/s1. The fourth-order valence-corrected chi connectivity index (χ4v) is 4.77. The Balaban J connectivity index is 1.47. The first kappa shape index (κ1) is 22.5. The highest BCUT2D eigenvalue weighted by Gasteiger charge is 2.38. The average Bonchev–Trinajstić information content (AvgIpc) is 3.44. The zero-order valence-electron chi connectivity index (χ0n) is 18.7. The number of nitrogens with one attached hydrogen (secondary N) is 1. The first-order chi connectivity index (χ1) is 15.4. The van der Waals surface area contributed by atoms with Gasteiger partial charge in [-0.3, -0.25) is 19.3 Å². The summed E-state index contributed by atoms with van der Waals surface area (Å²) in [5, 5.41) is 3.10. The smallest absolute Gasteiger partial charge is 0.253 e. The summed E-state index contributed by atoms with van der Waals surface area (Å²) in [7, 11) is 1.71. The summed E-state index contributed by atoms with van der Waals surface area (Å²) in [5.41, 5.74) is 6.76. The molecule has 4 rings (SSSR count). The minimum atomic E-state index is -0.712. The molecular weight excluding hydrogens is 410 g/mol. The lowest BCUT2D eigenvalue weighted by atomic mass is 10.1.